The number of rotatable bonds is 3. The van der Waals surface area contributed by atoms with Crippen molar-refractivity contribution in [3.8, 4) is 33.8 Å². The average Bonchev–Trinajstić information content (AvgIpc) is 3.14. The SMILES string of the molecule is O=[N+]([O-])c1ccc(-c2c(-c3ccc(Cl)cc3)oc3c2CCc2ccccc2-3)cc1. The van der Waals surface area contributed by atoms with Gasteiger partial charge in [-0.2, -0.15) is 0 Å². The van der Waals surface area contributed by atoms with E-state index in [2.05, 4.69) is 12.1 Å². The van der Waals surface area contributed by atoms with E-state index in [1.54, 1.807) is 12.1 Å². The molecule has 0 spiro atoms. The molecule has 1 aliphatic rings. The molecule has 0 bridgehead atoms. The van der Waals surface area contributed by atoms with Crippen LogP contribution in [0.15, 0.2) is 77.2 Å². The van der Waals surface area contributed by atoms with Gasteiger partial charge >= 0.3 is 0 Å². The van der Waals surface area contributed by atoms with E-state index in [4.69, 9.17) is 16.0 Å². The summed E-state index contributed by atoms with van der Waals surface area (Å²) in [6, 6.07) is 22.5. The van der Waals surface area contributed by atoms with Gasteiger partial charge in [0, 0.05) is 39.4 Å². The fourth-order valence-electron chi connectivity index (χ4n) is 4.00. The second kappa shape index (κ2) is 6.90. The molecule has 0 saturated heterocycles. The Kier molecular flexibility index (Phi) is 4.22. The molecule has 5 rings (SSSR count). The fraction of sp³-hybridized carbons (Fsp3) is 0.0833. The molecule has 0 saturated carbocycles. The van der Waals surface area contributed by atoms with Gasteiger partial charge in [-0.1, -0.05) is 35.9 Å². The van der Waals surface area contributed by atoms with Crippen LogP contribution in [0.4, 0.5) is 5.69 Å². The minimum absolute atomic E-state index is 0.0736. The van der Waals surface area contributed by atoms with Crippen LogP contribution >= 0.6 is 11.6 Å². The van der Waals surface area contributed by atoms with E-state index < -0.39 is 0 Å². The predicted octanol–water partition coefficient (Wildman–Crippen LogP) is 6.94. The number of hydrogen-bond acceptors (Lipinski definition) is 3. The van der Waals surface area contributed by atoms with Crippen LogP contribution < -0.4 is 0 Å². The first-order chi connectivity index (χ1) is 14.1. The highest BCUT2D eigenvalue weighted by atomic mass is 35.5. The third-order valence-corrected chi connectivity index (χ3v) is 5.64. The monoisotopic (exact) mass is 401 g/mol. The van der Waals surface area contributed by atoms with Crippen molar-refractivity contribution in [2.45, 2.75) is 12.8 Å². The Balaban J connectivity index is 1.75. The van der Waals surface area contributed by atoms with Crippen molar-refractivity contribution in [1.82, 2.24) is 0 Å². The smallest absolute Gasteiger partial charge is 0.269 e. The Morgan fingerprint density at radius 2 is 1.52 bits per heavy atom. The van der Waals surface area contributed by atoms with Crippen molar-refractivity contribution in [1.29, 1.82) is 0 Å². The Bertz CT molecular complexity index is 1220. The maximum atomic E-state index is 11.1. The fourth-order valence-corrected chi connectivity index (χ4v) is 4.13. The van der Waals surface area contributed by atoms with E-state index in [-0.39, 0.29) is 10.6 Å². The van der Waals surface area contributed by atoms with Gasteiger partial charge in [0.1, 0.15) is 11.5 Å². The summed E-state index contributed by atoms with van der Waals surface area (Å²) in [4.78, 5) is 10.7. The summed E-state index contributed by atoms with van der Waals surface area (Å²) in [6.45, 7) is 0. The largest absolute Gasteiger partial charge is 0.455 e. The molecular weight excluding hydrogens is 386 g/mol. The second-order valence-electron chi connectivity index (χ2n) is 7.08. The Morgan fingerprint density at radius 1 is 0.828 bits per heavy atom. The van der Waals surface area contributed by atoms with Crippen molar-refractivity contribution < 1.29 is 9.34 Å². The Labute approximate surface area is 172 Å². The molecule has 3 aromatic carbocycles. The molecule has 1 heterocycles. The van der Waals surface area contributed by atoms with Crippen LogP contribution in [0.5, 0.6) is 0 Å². The van der Waals surface area contributed by atoms with E-state index >= 15 is 0 Å². The average molecular weight is 402 g/mol. The van der Waals surface area contributed by atoms with E-state index in [1.165, 1.54) is 17.7 Å². The van der Waals surface area contributed by atoms with Crippen molar-refractivity contribution in [2.24, 2.45) is 0 Å². The van der Waals surface area contributed by atoms with Gasteiger partial charge in [-0.15, -0.1) is 0 Å². The lowest BCUT2D eigenvalue weighted by atomic mass is 9.86. The third kappa shape index (κ3) is 3.02. The van der Waals surface area contributed by atoms with Gasteiger partial charge < -0.3 is 4.42 Å². The molecule has 1 aromatic heterocycles. The number of aryl methyl sites for hydroxylation is 1. The van der Waals surface area contributed by atoms with Crippen LogP contribution in [-0.2, 0) is 12.8 Å². The summed E-state index contributed by atoms with van der Waals surface area (Å²) >= 11 is 6.08. The molecule has 0 fully saturated rings. The summed E-state index contributed by atoms with van der Waals surface area (Å²) in [7, 11) is 0. The van der Waals surface area contributed by atoms with E-state index in [0.29, 0.717) is 5.02 Å². The molecule has 0 aliphatic heterocycles. The van der Waals surface area contributed by atoms with Crippen LogP contribution in [0.3, 0.4) is 0 Å². The standard InChI is InChI=1S/C24H16ClNO3/c25-18-10-5-17(6-11-18)23-22(16-7-12-19(13-8-16)26(27)28)21-14-9-15-3-1-2-4-20(15)24(21)29-23/h1-8,10-13H,9,14H2. The van der Waals surface area contributed by atoms with Crippen LogP contribution in [0, 0.1) is 10.1 Å². The van der Waals surface area contributed by atoms with Crippen molar-refractivity contribution in [3.63, 3.8) is 0 Å². The van der Waals surface area contributed by atoms with Gasteiger partial charge in [-0.25, -0.2) is 0 Å². The van der Waals surface area contributed by atoms with E-state index in [9.17, 15) is 10.1 Å². The highest BCUT2D eigenvalue weighted by Crippen LogP contribution is 2.47. The van der Waals surface area contributed by atoms with Crippen LogP contribution in [0.1, 0.15) is 11.1 Å². The number of benzene rings is 3. The number of nitrogens with zero attached hydrogens (tertiary/aromatic N) is 1. The molecule has 1 aliphatic carbocycles. The number of nitro benzene ring substituents is 1. The molecule has 142 valence electrons. The maximum absolute atomic E-state index is 11.1. The highest BCUT2D eigenvalue weighted by Gasteiger charge is 2.27. The minimum atomic E-state index is -0.384. The maximum Gasteiger partial charge on any atom is 0.269 e. The van der Waals surface area contributed by atoms with Crippen molar-refractivity contribution in [2.75, 3.05) is 0 Å². The first-order valence-corrected chi connectivity index (χ1v) is 9.74. The lowest BCUT2D eigenvalue weighted by molar-refractivity contribution is -0.384. The van der Waals surface area contributed by atoms with Gasteiger partial charge in [0.05, 0.1) is 4.92 Å². The zero-order valence-electron chi connectivity index (χ0n) is 15.4. The zero-order valence-corrected chi connectivity index (χ0v) is 16.1. The molecule has 29 heavy (non-hydrogen) atoms. The highest BCUT2D eigenvalue weighted by molar-refractivity contribution is 6.30. The van der Waals surface area contributed by atoms with Gasteiger partial charge in [0.25, 0.3) is 5.69 Å². The molecule has 0 amide bonds. The third-order valence-electron chi connectivity index (χ3n) is 5.39. The molecule has 0 unspecified atom stereocenters. The Hall–Kier alpha value is -3.37. The van der Waals surface area contributed by atoms with Crippen molar-refractivity contribution >= 4 is 17.3 Å². The topological polar surface area (TPSA) is 56.3 Å². The molecule has 4 aromatic rings. The van der Waals surface area contributed by atoms with Crippen molar-refractivity contribution in [3.05, 3.63) is 99.1 Å². The van der Waals surface area contributed by atoms with Crippen LogP contribution in [0.2, 0.25) is 5.02 Å². The number of non-ortho nitro benzene ring substituents is 1. The van der Waals surface area contributed by atoms with Gasteiger partial charge in [0.15, 0.2) is 0 Å². The molecule has 0 radical (unpaired) electrons. The molecular formula is C24H16ClNO3. The number of nitro groups is 1. The molecule has 0 atom stereocenters. The van der Waals surface area contributed by atoms with Gasteiger partial charge in [-0.3, -0.25) is 10.1 Å². The lowest BCUT2D eigenvalue weighted by Gasteiger charge is -2.15. The normalized spacial score (nSPS) is 12.3. The summed E-state index contributed by atoms with van der Waals surface area (Å²) in [5.41, 5.74) is 6.42. The molecule has 5 heteroatoms. The first-order valence-electron chi connectivity index (χ1n) is 9.36. The lowest BCUT2D eigenvalue weighted by Crippen LogP contribution is -2.02. The quantitative estimate of drug-likeness (QED) is 0.276. The zero-order chi connectivity index (χ0) is 20.0. The summed E-state index contributed by atoms with van der Waals surface area (Å²) in [5.74, 6) is 1.64. The number of fused-ring (bicyclic) bond motifs is 3. The minimum Gasteiger partial charge on any atom is -0.455 e. The number of hydrogen-bond donors (Lipinski definition) is 0. The van der Waals surface area contributed by atoms with Gasteiger partial charge in [0.2, 0.25) is 0 Å². The van der Waals surface area contributed by atoms with Gasteiger partial charge in [-0.05, 0) is 60.4 Å². The van der Waals surface area contributed by atoms with E-state index in [1.807, 2.05) is 36.4 Å². The van der Waals surface area contributed by atoms with Crippen LogP contribution in [0.25, 0.3) is 33.8 Å². The number of furan rings is 1. The number of halogens is 1. The summed E-state index contributed by atoms with van der Waals surface area (Å²) < 4.78 is 6.44. The van der Waals surface area contributed by atoms with E-state index in [0.717, 1.165) is 52.2 Å². The molecule has 4 nitrogen and oxygen atoms in total. The Morgan fingerprint density at radius 3 is 2.24 bits per heavy atom. The summed E-state index contributed by atoms with van der Waals surface area (Å²) in [5, 5.41) is 11.7. The molecule has 0 N–H and O–H groups in total. The second-order valence-corrected chi connectivity index (χ2v) is 7.52. The predicted molar refractivity (Wildman–Crippen MR) is 114 cm³/mol. The summed E-state index contributed by atoms with van der Waals surface area (Å²) in [6.07, 6.45) is 1.79. The van der Waals surface area contributed by atoms with Crippen LogP contribution in [-0.4, -0.2) is 4.92 Å². The first kappa shape index (κ1) is 17.7.